The summed E-state index contributed by atoms with van der Waals surface area (Å²) in [6.45, 7) is 1.67. The lowest BCUT2D eigenvalue weighted by Crippen LogP contribution is -2.38. The molecule has 0 fully saturated rings. The molecule has 0 aliphatic heterocycles. The average Bonchev–Trinajstić information content (AvgIpc) is 3.41. The van der Waals surface area contributed by atoms with Gasteiger partial charge < -0.3 is 15.6 Å². The number of halogens is 2. The molecule has 0 aliphatic rings. The molecule has 9 heteroatoms. The number of aromatic amines is 1. The van der Waals surface area contributed by atoms with Crippen molar-refractivity contribution in [3.8, 4) is 11.4 Å². The number of carbonyl (C=O) groups excluding carboxylic acids is 1. The van der Waals surface area contributed by atoms with E-state index in [1.54, 1.807) is 32.3 Å². The van der Waals surface area contributed by atoms with Crippen LogP contribution in [0, 0.1) is 11.6 Å². The van der Waals surface area contributed by atoms with Crippen molar-refractivity contribution in [1.29, 1.82) is 0 Å². The second-order valence-electron chi connectivity index (χ2n) is 8.92. The van der Waals surface area contributed by atoms with Crippen molar-refractivity contribution < 1.29 is 13.6 Å². The molecule has 0 aliphatic carbocycles. The molecule has 3 N–H and O–H groups in total. The summed E-state index contributed by atoms with van der Waals surface area (Å²) in [5.41, 5.74) is 2.20. The van der Waals surface area contributed by atoms with E-state index in [1.165, 1.54) is 47.2 Å². The number of nitrogens with one attached hydrogen (secondary N) is 3. The summed E-state index contributed by atoms with van der Waals surface area (Å²) in [5, 5.41) is 6.37. The van der Waals surface area contributed by atoms with E-state index in [4.69, 9.17) is 0 Å². The fourth-order valence-electron chi connectivity index (χ4n) is 4.44. The van der Waals surface area contributed by atoms with E-state index in [2.05, 4.69) is 20.6 Å². The van der Waals surface area contributed by atoms with Crippen LogP contribution >= 0.6 is 0 Å². The van der Waals surface area contributed by atoms with Crippen molar-refractivity contribution in [2.24, 2.45) is 0 Å². The van der Waals surface area contributed by atoms with Crippen molar-refractivity contribution in [3.05, 3.63) is 118 Å². The molecule has 0 spiro atoms. The first-order valence-electron chi connectivity index (χ1n) is 12.0. The molecule has 38 heavy (non-hydrogen) atoms. The molecule has 0 radical (unpaired) electrons. The van der Waals surface area contributed by atoms with Crippen LogP contribution in [-0.2, 0) is 4.79 Å². The first-order chi connectivity index (χ1) is 18.4. The minimum Gasteiger partial charge on any atom is -0.361 e. The predicted octanol–water partition coefficient (Wildman–Crippen LogP) is 4.85. The third-order valence-electron chi connectivity index (χ3n) is 6.55. The van der Waals surface area contributed by atoms with Gasteiger partial charge in [0.15, 0.2) is 0 Å². The predicted molar refractivity (Wildman–Crippen MR) is 143 cm³/mol. The number of H-pyrrole nitrogens is 1. The van der Waals surface area contributed by atoms with Gasteiger partial charge in [-0.15, -0.1) is 0 Å². The van der Waals surface area contributed by atoms with Gasteiger partial charge in [0.2, 0.25) is 5.91 Å². The number of anilines is 1. The van der Waals surface area contributed by atoms with Crippen molar-refractivity contribution in [3.63, 3.8) is 0 Å². The monoisotopic (exact) mass is 513 g/mol. The van der Waals surface area contributed by atoms with Gasteiger partial charge >= 0.3 is 0 Å². The molecule has 0 saturated heterocycles. The molecule has 192 valence electrons. The van der Waals surface area contributed by atoms with Crippen molar-refractivity contribution in [2.45, 2.75) is 19.0 Å². The standard InChI is InChI=1S/C29H25F2N5O2/c1-17(32-2)28(37)35-25-16-34-27(19-8-12-21(31)13-9-19)36(29(25)38)26(18-6-10-20(30)11-7-18)23-4-3-5-24-22(23)14-15-33-24/h3-17,26,32-33H,1-2H3,(H,35,37)/t17-,26?/m0/s1. The van der Waals surface area contributed by atoms with E-state index in [9.17, 15) is 18.4 Å². The molecule has 1 amide bonds. The Morgan fingerprint density at radius 3 is 2.34 bits per heavy atom. The molecular formula is C29H25F2N5O2. The maximum Gasteiger partial charge on any atom is 0.278 e. The molecule has 3 aromatic carbocycles. The van der Waals surface area contributed by atoms with Crippen LogP contribution in [0.3, 0.4) is 0 Å². The van der Waals surface area contributed by atoms with Gasteiger partial charge in [0, 0.05) is 22.7 Å². The number of likely N-dealkylation sites (N-methyl/N-ethyl adjacent to an activating group) is 1. The van der Waals surface area contributed by atoms with Crippen molar-refractivity contribution in [2.75, 3.05) is 12.4 Å². The lowest BCUT2D eigenvalue weighted by Gasteiger charge is -2.25. The van der Waals surface area contributed by atoms with Crippen LogP contribution in [0.4, 0.5) is 14.5 Å². The van der Waals surface area contributed by atoms with E-state index in [0.29, 0.717) is 11.1 Å². The van der Waals surface area contributed by atoms with Crippen molar-refractivity contribution in [1.82, 2.24) is 19.9 Å². The van der Waals surface area contributed by atoms with E-state index in [0.717, 1.165) is 16.5 Å². The minimum atomic E-state index is -0.756. The molecule has 0 bridgehead atoms. The molecule has 0 saturated carbocycles. The highest BCUT2D eigenvalue weighted by Gasteiger charge is 2.26. The van der Waals surface area contributed by atoms with Crippen LogP contribution in [0.1, 0.15) is 24.1 Å². The van der Waals surface area contributed by atoms with Crippen LogP contribution in [0.5, 0.6) is 0 Å². The maximum absolute atomic E-state index is 14.1. The molecule has 1 unspecified atom stereocenters. The SMILES string of the molecule is CN[C@@H](C)C(=O)Nc1cnc(-c2ccc(F)cc2)n(C(c2ccc(F)cc2)c2cccc3[nH]ccc23)c1=O. The normalized spacial score (nSPS) is 12.8. The Morgan fingerprint density at radius 1 is 0.974 bits per heavy atom. The van der Waals surface area contributed by atoms with E-state index >= 15 is 0 Å². The first-order valence-corrected chi connectivity index (χ1v) is 12.0. The fraction of sp³-hybridized carbons (Fsp3) is 0.138. The highest BCUT2D eigenvalue weighted by atomic mass is 19.1. The summed E-state index contributed by atoms with van der Waals surface area (Å²) < 4.78 is 29.2. The molecule has 7 nitrogen and oxygen atoms in total. The number of aromatic nitrogens is 3. The summed E-state index contributed by atoms with van der Waals surface area (Å²) in [4.78, 5) is 34.5. The lowest BCUT2D eigenvalue weighted by atomic mass is 9.94. The Hall–Kier alpha value is -4.63. The Kier molecular flexibility index (Phi) is 6.85. The van der Waals surface area contributed by atoms with Gasteiger partial charge in [0.05, 0.1) is 18.3 Å². The number of fused-ring (bicyclic) bond motifs is 1. The summed E-state index contributed by atoms with van der Waals surface area (Å²) in [7, 11) is 1.64. The zero-order valence-electron chi connectivity index (χ0n) is 20.7. The third kappa shape index (κ3) is 4.71. The summed E-state index contributed by atoms with van der Waals surface area (Å²) in [6, 6.07) is 17.8. The zero-order chi connectivity index (χ0) is 26.8. The smallest absolute Gasteiger partial charge is 0.278 e. The number of rotatable bonds is 7. The molecule has 2 heterocycles. The van der Waals surface area contributed by atoms with Gasteiger partial charge in [-0.3, -0.25) is 14.2 Å². The minimum absolute atomic E-state index is 0.0173. The molecule has 2 aromatic heterocycles. The van der Waals surface area contributed by atoms with Gasteiger partial charge in [-0.2, -0.15) is 0 Å². The van der Waals surface area contributed by atoms with Crippen LogP contribution < -0.4 is 16.2 Å². The Morgan fingerprint density at radius 2 is 1.66 bits per heavy atom. The highest BCUT2D eigenvalue weighted by Crippen LogP contribution is 2.34. The maximum atomic E-state index is 14.1. The number of amides is 1. The average molecular weight is 514 g/mol. The Labute approximate surface area is 217 Å². The molecule has 2 atom stereocenters. The number of carbonyl (C=O) groups is 1. The van der Waals surface area contributed by atoms with Crippen LogP contribution in [0.2, 0.25) is 0 Å². The van der Waals surface area contributed by atoms with E-state index < -0.39 is 35.2 Å². The van der Waals surface area contributed by atoms with Gasteiger partial charge in [0.1, 0.15) is 23.1 Å². The van der Waals surface area contributed by atoms with E-state index in [-0.39, 0.29) is 11.5 Å². The summed E-state index contributed by atoms with van der Waals surface area (Å²) in [5.74, 6) is -0.992. The fourth-order valence-corrected chi connectivity index (χ4v) is 4.44. The van der Waals surface area contributed by atoms with Crippen LogP contribution in [0.25, 0.3) is 22.3 Å². The van der Waals surface area contributed by atoms with Gasteiger partial charge in [0.25, 0.3) is 5.56 Å². The lowest BCUT2D eigenvalue weighted by molar-refractivity contribution is -0.117. The number of benzene rings is 3. The number of hydrogen-bond donors (Lipinski definition) is 3. The van der Waals surface area contributed by atoms with Crippen LogP contribution in [-0.4, -0.2) is 33.5 Å². The van der Waals surface area contributed by atoms with Gasteiger partial charge in [-0.25, -0.2) is 13.8 Å². The summed E-state index contributed by atoms with van der Waals surface area (Å²) in [6.07, 6.45) is 3.10. The number of hydrogen-bond acceptors (Lipinski definition) is 4. The quantitative estimate of drug-likeness (QED) is 0.290. The molecule has 5 aromatic rings. The second-order valence-corrected chi connectivity index (χ2v) is 8.92. The summed E-state index contributed by atoms with van der Waals surface area (Å²) >= 11 is 0. The van der Waals surface area contributed by atoms with Gasteiger partial charge in [-0.05, 0) is 73.6 Å². The largest absolute Gasteiger partial charge is 0.361 e. The highest BCUT2D eigenvalue weighted by molar-refractivity contribution is 5.94. The van der Waals surface area contributed by atoms with E-state index in [1.807, 2.05) is 24.3 Å². The second kappa shape index (κ2) is 10.4. The first kappa shape index (κ1) is 25.0. The molecule has 5 rings (SSSR count). The third-order valence-corrected chi connectivity index (χ3v) is 6.55. The van der Waals surface area contributed by atoms with Crippen molar-refractivity contribution >= 4 is 22.5 Å². The van der Waals surface area contributed by atoms with Gasteiger partial charge in [-0.1, -0.05) is 24.3 Å². The topological polar surface area (TPSA) is 91.8 Å². The Balaban J connectivity index is 1.81. The zero-order valence-corrected chi connectivity index (χ0v) is 20.7. The van der Waals surface area contributed by atoms with Crippen LogP contribution in [0.15, 0.2) is 90.0 Å². The molecular weight excluding hydrogens is 488 g/mol. The Bertz CT molecular complexity index is 1660. The number of nitrogens with zero attached hydrogens (tertiary/aromatic N) is 2.